The molecule has 6 nitrogen and oxygen atoms in total. The standard InChI is InChI=1S/C25H16Cl2N2O4/c26-20-10-9-17(12-21(20)27)29-25(33)15-7-5-14(6-8-15)24(32)23-19-4-2-1-3-18(19)16(13-28-23)11-22(30)31/h1-10,12-13H,11H2,(H,29,33)(H,30,31). The topological polar surface area (TPSA) is 96.4 Å². The summed E-state index contributed by atoms with van der Waals surface area (Å²) < 4.78 is 0. The second kappa shape index (κ2) is 9.40. The Bertz CT molecular complexity index is 1400. The predicted octanol–water partition coefficient (Wildman–Crippen LogP) is 5.65. The third-order valence-corrected chi connectivity index (χ3v) is 5.76. The largest absolute Gasteiger partial charge is 0.481 e. The number of fused-ring (bicyclic) bond motifs is 1. The Morgan fingerprint density at radius 2 is 1.52 bits per heavy atom. The first-order valence-electron chi connectivity index (χ1n) is 9.83. The smallest absolute Gasteiger partial charge is 0.307 e. The lowest BCUT2D eigenvalue weighted by molar-refractivity contribution is -0.136. The maximum absolute atomic E-state index is 13.1. The van der Waals surface area contributed by atoms with Crippen LogP contribution in [0.2, 0.25) is 10.0 Å². The molecule has 1 aromatic heterocycles. The average molecular weight is 479 g/mol. The summed E-state index contributed by atoms with van der Waals surface area (Å²) in [6, 6.07) is 18.0. The number of benzene rings is 3. The van der Waals surface area contributed by atoms with Gasteiger partial charge in [-0.1, -0.05) is 59.6 Å². The lowest BCUT2D eigenvalue weighted by atomic mass is 9.98. The van der Waals surface area contributed by atoms with Crippen molar-refractivity contribution in [1.82, 2.24) is 4.98 Å². The lowest BCUT2D eigenvalue weighted by Gasteiger charge is -2.10. The molecule has 0 atom stereocenters. The number of carboxylic acid groups (broad SMARTS) is 1. The average Bonchev–Trinajstić information content (AvgIpc) is 2.81. The zero-order valence-corrected chi connectivity index (χ0v) is 18.5. The quantitative estimate of drug-likeness (QED) is 0.349. The van der Waals surface area contributed by atoms with Crippen LogP contribution in [0.25, 0.3) is 10.8 Å². The SMILES string of the molecule is O=C(O)Cc1cnc(C(=O)c2ccc(C(=O)Nc3ccc(Cl)c(Cl)c3)cc2)c2ccccc12. The van der Waals surface area contributed by atoms with E-state index in [0.717, 1.165) is 0 Å². The van der Waals surface area contributed by atoms with Gasteiger partial charge in [-0.15, -0.1) is 0 Å². The second-order valence-corrected chi connectivity index (χ2v) is 8.05. The monoisotopic (exact) mass is 478 g/mol. The highest BCUT2D eigenvalue weighted by Gasteiger charge is 2.18. The third-order valence-electron chi connectivity index (χ3n) is 5.02. The minimum atomic E-state index is -0.976. The molecule has 164 valence electrons. The van der Waals surface area contributed by atoms with Gasteiger partial charge in [0, 0.05) is 28.4 Å². The molecule has 0 saturated heterocycles. The molecule has 3 aromatic carbocycles. The summed E-state index contributed by atoms with van der Waals surface area (Å²) in [6.45, 7) is 0. The molecule has 33 heavy (non-hydrogen) atoms. The Kier molecular flexibility index (Phi) is 6.40. The molecule has 4 rings (SSSR count). The highest BCUT2D eigenvalue weighted by Crippen LogP contribution is 2.26. The summed E-state index contributed by atoms with van der Waals surface area (Å²) in [7, 11) is 0. The fourth-order valence-corrected chi connectivity index (χ4v) is 3.72. The first-order chi connectivity index (χ1) is 15.8. The number of nitrogens with zero attached hydrogens (tertiary/aromatic N) is 1. The maximum atomic E-state index is 13.1. The Labute approximate surface area is 198 Å². The number of aliphatic carboxylic acids is 1. The molecule has 1 amide bonds. The number of anilines is 1. The predicted molar refractivity (Wildman–Crippen MR) is 127 cm³/mol. The van der Waals surface area contributed by atoms with Crippen LogP contribution in [0.1, 0.15) is 32.0 Å². The summed E-state index contributed by atoms with van der Waals surface area (Å²) >= 11 is 11.9. The van der Waals surface area contributed by atoms with Gasteiger partial charge in [0.1, 0.15) is 5.69 Å². The van der Waals surface area contributed by atoms with Crippen molar-refractivity contribution in [1.29, 1.82) is 0 Å². The molecule has 0 aliphatic rings. The van der Waals surface area contributed by atoms with E-state index in [-0.39, 0.29) is 23.8 Å². The van der Waals surface area contributed by atoms with Gasteiger partial charge in [0.15, 0.2) is 0 Å². The van der Waals surface area contributed by atoms with E-state index in [1.54, 1.807) is 66.7 Å². The van der Waals surface area contributed by atoms with Crippen LogP contribution in [0.3, 0.4) is 0 Å². The molecule has 0 spiro atoms. The van der Waals surface area contributed by atoms with E-state index in [1.165, 1.54) is 6.20 Å². The molecule has 0 unspecified atom stereocenters. The van der Waals surface area contributed by atoms with Crippen LogP contribution in [-0.4, -0.2) is 27.8 Å². The fourth-order valence-electron chi connectivity index (χ4n) is 3.42. The summed E-state index contributed by atoms with van der Waals surface area (Å²) in [4.78, 5) is 41.1. The van der Waals surface area contributed by atoms with Gasteiger partial charge in [-0.2, -0.15) is 0 Å². The van der Waals surface area contributed by atoms with Gasteiger partial charge in [-0.05, 0) is 41.3 Å². The van der Waals surface area contributed by atoms with Crippen molar-refractivity contribution in [2.24, 2.45) is 0 Å². The van der Waals surface area contributed by atoms with Crippen molar-refractivity contribution in [3.8, 4) is 0 Å². The van der Waals surface area contributed by atoms with Crippen LogP contribution in [-0.2, 0) is 11.2 Å². The van der Waals surface area contributed by atoms with Gasteiger partial charge < -0.3 is 10.4 Å². The molecule has 0 aliphatic heterocycles. The number of carbonyl (C=O) groups is 3. The lowest BCUT2D eigenvalue weighted by Crippen LogP contribution is -2.12. The molecular weight excluding hydrogens is 463 g/mol. The first kappa shape index (κ1) is 22.5. The Morgan fingerprint density at radius 3 is 2.18 bits per heavy atom. The zero-order valence-electron chi connectivity index (χ0n) is 17.0. The molecule has 0 bridgehead atoms. The van der Waals surface area contributed by atoms with Gasteiger partial charge in [-0.25, -0.2) is 0 Å². The van der Waals surface area contributed by atoms with Gasteiger partial charge in [0.05, 0.1) is 16.5 Å². The number of aromatic nitrogens is 1. The summed E-state index contributed by atoms with van der Waals surface area (Å²) in [6.07, 6.45) is 1.23. The highest BCUT2D eigenvalue weighted by atomic mass is 35.5. The van der Waals surface area contributed by atoms with Crippen LogP contribution >= 0.6 is 23.2 Å². The number of hydrogen-bond donors (Lipinski definition) is 2. The first-order valence-corrected chi connectivity index (χ1v) is 10.6. The molecule has 0 aliphatic carbocycles. The number of ketones is 1. The number of pyridine rings is 1. The van der Waals surface area contributed by atoms with E-state index in [0.29, 0.717) is 43.2 Å². The number of halogens is 2. The van der Waals surface area contributed by atoms with Gasteiger partial charge in [-0.3, -0.25) is 19.4 Å². The molecule has 0 fully saturated rings. The molecule has 0 radical (unpaired) electrons. The Hall–Kier alpha value is -3.74. The van der Waals surface area contributed by atoms with Crippen LogP contribution in [0.5, 0.6) is 0 Å². The van der Waals surface area contributed by atoms with Crippen molar-refractivity contribution in [3.05, 3.63) is 105 Å². The molecule has 0 saturated carbocycles. The molecule has 1 heterocycles. The van der Waals surface area contributed by atoms with E-state index in [9.17, 15) is 14.4 Å². The number of hydrogen-bond acceptors (Lipinski definition) is 4. The van der Waals surface area contributed by atoms with Crippen LogP contribution in [0.15, 0.2) is 72.9 Å². The molecular formula is C25H16Cl2N2O4. The summed E-state index contributed by atoms with van der Waals surface area (Å²) in [5.74, 6) is -1.67. The second-order valence-electron chi connectivity index (χ2n) is 7.24. The molecule has 2 N–H and O–H groups in total. The molecule has 4 aromatic rings. The number of nitrogens with one attached hydrogen (secondary N) is 1. The summed E-state index contributed by atoms with van der Waals surface area (Å²) in [5, 5.41) is 13.8. The van der Waals surface area contributed by atoms with Crippen LogP contribution in [0, 0.1) is 0 Å². The third kappa shape index (κ3) is 4.87. The normalized spacial score (nSPS) is 10.7. The van der Waals surface area contributed by atoms with E-state index in [4.69, 9.17) is 28.3 Å². The van der Waals surface area contributed by atoms with Crippen molar-refractivity contribution >= 4 is 57.3 Å². The zero-order chi connectivity index (χ0) is 23.5. The number of carbonyl (C=O) groups excluding carboxylic acids is 2. The van der Waals surface area contributed by atoms with Crippen molar-refractivity contribution in [2.75, 3.05) is 5.32 Å². The Morgan fingerprint density at radius 1 is 0.848 bits per heavy atom. The number of amides is 1. The summed E-state index contributed by atoms with van der Waals surface area (Å²) in [5.41, 5.74) is 1.94. The highest BCUT2D eigenvalue weighted by molar-refractivity contribution is 6.42. The Balaban J connectivity index is 1.58. The van der Waals surface area contributed by atoms with Crippen LogP contribution in [0.4, 0.5) is 5.69 Å². The fraction of sp³-hybridized carbons (Fsp3) is 0.0400. The number of rotatable bonds is 6. The minimum absolute atomic E-state index is 0.190. The molecule has 8 heteroatoms. The van der Waals surface area contributed by atoms with Gasteiger partial charge >= 0.3 is 5.97 Å². The van der Waals surface area contributed by atoms with Gasteiger partial charge in [0.2, 0.25) is 5.78 Å². The maximum Gasteiger partial charge on any atom is 0.307 e. The van der Waals surface area contributed by atoms with E-state index in [1.807, 2.05) is 0 Å². The van der Waals surface area contributed by atoms with Crippen molar-refractivity contribution < 1.29 is 19.5 Å². The van der Waals surface area contributed by atoms with E-state index >= 15 is 0 Å². The van der Waals surface area contributed by atoms with Crippen molar-refractivity contribution in [2.45, 2.75) is 6.42 Å². The van der Waals surface area contributed by atoms with Gasteiger partial charge in [0.25, 0.3) is 5.91 Å². The van der Waals surface area contributed by atoms with Crippen molar-refractivity contribution in [3.63, 3.8) is 0 Å². The van der Waals surface area contributed by atoms with E-state index < -0.39 is 5.97 Å². The minimum Gasteiger partial charge on any atom is -0.481 e. The van der Waals surface area contributed by atoms with E-state index in [2.05, 4.69) is 10.3 Å². The number of carboxylic acids is 1. The van der Waals surface area contributed by atoms with Crippen LogP contribution < -0.4 is 5.32 Å².